The lowest BCUT2D eigenvalue weighted by Gasteiger charge is -2.03. The fourth-order valence-electron chi connectivity index (χ4n) is 0.467. The van der Waals surface area contributed by atoms with Gasteiger partial charge in [-0.2, -0.15) is 0 Å². The maximum absolute atomic E-state index is 8.72. The number of rotatable bonds is 3. The van der Waals surface area contributed by atoms with Gasteiger partial charge >= 0.3 is 0 Å². The Hall–Kier alpha value is -0.340. The largest absolute Gasteiger partial charge is 0.394 e. The first-order valence-electron chi connectivity index (χ1n) is 2.60. The summed E-state index contributed by atoms with van der Waals surface area (Å²) in [5.74, 6) is 0. The molecule has 2 heteroatoms. The highest BCUT2D eigenvalue weighted by Crippen LogP contribution is 1.99. The van der Waals surface area contributed by atoms with Gasteiger partial charge in [-0.15, -0.1) is 6.58 Å². The van der Waals surface area contributed by atoms with Gasteiger partial charge in [-0.25, -0.2) is 0 Å². The fourth-order valence-corrected chi connectivity index (χ4v) is 0.467. The van der Waals surface area contributed by atoms with E-state index in [2.05, 4.69) is 6.58 Å². The van der Waals surface area contributed by atoms with Crippen molar-refractivity contribution < 1.29 is 10.2 Å². The minimum atomic E-state index is -0.618. The van der Waals surface area contributed by atoms with Gasteiger partial charge in [-0.3, -0.25) is 0 Å². The summed E-state index contributed by atoms with van der Waals surface area (Å²) >= 11 is 0. The zero-order valence-electron chi connectivity index (χ0n) is 5.09. The third-order valence-electron chi connectivity index (χ3n) is 0.795. The molecule has 0 aliphatic heterocycles. The average molecular weight is 116 g/mol. The number of hydrogen-bond acceptors (Lipinski definition) is 2. The summed E-state index contributed by atoms with van der Waals surface area (Å²) in [6.07, 6.45) is -0.122. The summed E-state index contributed by atoms with van der Waals surface area (Å²) in [5, 5.41) is 17.0. The van der Waals surface area contributed by atoms with E-state index in [9.17, 15) is 0 Å². The van der Waals surface area contributed by atoms with Crippen LogP contribution in [0.25, 0.3) is 0 Å². The molecule has 0 saturated carbocycles. The smallest absolute Gasteiger partial charge is 0.0807 e. The Morgan fingerprint density at radius 3 is 2.38 bits per heavy atom. The van der Waals surface area contributed by atoms with Gasteiger partial charge in [-0.1, -0.05) is 5.57 Å². The first-order valence-corrected chi connectivity index (χ1v) is 2.60. The van der Waals surface area contributed by atoms with E-state index in [0.29, 0.717) is 6.42 Å². The average Bonchev–Trinajstić information content (AvgIpc) is 1.65. The molecule has 8 heavy (non-hydrogen) atoms. The fraction of sp³-hybridized carbons (Fsp3) is 0.667. The van der Waals surface area contributed by atoms with Gasteiger partial charge in [0.15, 0.2) is 0 Å². The van der Waals surface area contributed by atoms with Crippen LogP contribution in [0.2, 0.25) is 0 Å². The second kappa shape index (κ2) is 3.64. The summed E-state index contributed by atoms with van der Waals surface area (Å²) in [7, 11) is 0. The maximum atomic E-state index is 8.72. The number of hydrogen-bond donors (Lipinski definition) is 2. The van der Waals surface area contributed by atoms with Crippen LogP contribution in [0.5, 0.6) is 0 Å². The lowest BCUT2D eigenvalue weighted by molar-refractivity contribution is 0.0956. The molecule has 0 fully saturated rings. The zero-order chi connectivity index (χ0) is 6.57. The number of aliphatic hydroxyl groups excluding tert-OH is 2. The van der Waals surface area contributed by atoms with E-state index in [-0.39, 0.29) is 6.61 Å². The Kier molecular flexibility index (Phi) is 3.48. The first-order chi connectivity index (χ1) is 3.66. The second-order valence-electron chi connectivity index (χ2n) is 2.00. The lowest BCUT2D eigenvalue weighted by atomic mass is 10.2. The van der Waals surface area contributed by atoms with Crippen LogP contribution in [0.15, 0.2) is 12.2 Å². The van der Waals surface area contributed by atoms with Crippen molar-refractivity contribution in [2.75, 3.05) is 6.61 Å². The van der Waals surface area contributed by atoms with E-state index in [1.165, 1.54) is 0 Å². The van der Waals surface area contributed by atoms with Crippen molar-refractivity contribution >= 4 is 0 Å². The van der Waals surface area contributed by atoms with Gasteiger partial charge in [-0.05, 0) is 13.3 Å². The van der Waals surface area contributed by atoms with Crippen LogP contribution in [0.3, 0.4) is 0 Å². The standard InChI is InChI=1S/C6H12O2/c1-5(2)3-6(8)4-7/h6-8H,1,3-4H2,2H3. The van der Waals surface area contributed by atoms with Crippen molar-refractivity contribution in [3.63, 3.8) is 0 Å². The third kappa shape index (κ3) is 3.84. The topological polar surface area (TPSA) is 40.5 Å². The Labute approximate surface area is 49.5 Å². The molecule has 0 aromatic carbocycles. The van der Waals surface area contributed by atoms with Crippen molar-refractivity contribution in [3.8, 4) is 0 Å². The maximum Gasteiger partial charge on any atom is 0.0807 e. The minimum absolute atomic E-state index is 0.174. The number of aliphatic hydroxyl groups is 2. The molecule has 0 bridgehead atoms. The Balaban J connectivity index is 3.24. The molecular formula is C6H12O2. The molecule has 0 spiro atoms. The van der Waals surface area contributed by atoms with Gasteiger partial charge in [0.05, 0.1) is 12.7 Å². The summed E-state index contributed by atoms with van der Waals surface area (Å²) in [4.78, 5) is 0. The quantitative estimate of drug-likeness (QED) is 0.521. The van der Waals surface area contributed by atoms with Crippen LogP contribution in [0.4, 0.5) is 0 Å². The van der Waals surface area contributed by atoms with Crippen molar-refractivity contribution in [2.45, 2.75) is 19.4 Å². The van der Waals surface area contributed by atoms with Gasteiger partial charge in [0.1, 0.15) is 0 Å². The molecule has 0 aromatic heterocycles. The Morgan fingerprint density at radius 2 is 2.25 bits per heavy atom. The third-order valence-corrected chi connectivity index (χ3v) is 0.795. The predicted molar refractivity (Wildman–Crippen MR) is 32.5 cm³/mol. The summed E-state index contributed by atoms with van der Waals surface area (Å²) in [5.41, 5.74) is 0.895. The highest BCUT2D eigenvalue weighted by atomic mass is 16.3. The van der Waals surface area contributed by atoms with Gasteiger partial charge in [0.2, 0.25) is 0 Å². The lowest BCUT2D eigenvalue weighted by Crippen LogP contribution is -2.11. The molecule has 0 aliphatic carbocycles. The highest BCUT2D eigenvalue weighted by Gasteiger charge is 1.99. The van der Waals surface area contributed by atoms with Gasteiger partial charge in [0, 0.05) is 0 Å². The van der Waals surface area contributed by atoms with Crippen LogP contribution in [0, 0.1) is 0 Å². The van der Waals surface area contributed by atoms with E-state index in [1.54, 1.807) is 0 Å². The molecule has 0 aromatic rings. The molecule has 48 valence electrons. The normalized spacial score (nSPS) is 13.4. The van der Waals surface area contributed by atoms with E-state index in [4.69, 9.17) is 10.2 Å². The van der Waals surface area contributed by atoms with Crippen molar-refractivity contribution in [3.05, 3.63) is 12.2 Å². The first kappa shape index (κ1) is 7.66. The SMILES string of the molecule is C=C(C)CC(O)CO. The predicted octanol–water partition coefficient (Wildman–Crippen LogP) is 0.306. The molecule has 1 unspecified atom stereocenters. The molecule has 0 heterocycles. The summed E-state index contributed by atoms with van der Waals surface area (Å²) in [6.45, 7) is 5.22. The van der Waals surface area contributed by atoms with Crippen molar-refractivity contribution in [2.24, 2.45) is 0 Å². The van der Waals surface area contributed by atoms with Crippen molar-refractivity contribution in [1.29, 1.82) is 0 Å². The van der Waals surface area contributed by atoms with Crippen LogP contribution in [-0.4, -0.2) is 22.9 Å². The zero-order valence-corrected chi connectivity index (χ0v) is 5.09. The van der Waals surface area contributed by atoms with Crippen LogP contribution in [0.1, 0.15) is 13.3 Å². The Morgan fingerprint density at radius 1 is 1.75 bits per heavy atom. The molecular weight excluding hydrogens is 104 g/mol. The van der Waals surface area contributed by atoms with E-state index in [1.807, 2.05) is 6.92 Å². The van der Waals surface area contributed by atoms with Gasteiger partial charge in [0.25, 0.3) is 0 Å². The molecule has 0 radical (unpaired) electrons. The van der Waals surface area contributed by atoms with Crippen LogP contribution in [-0.2, 0) is 0 Å². The molecule has 2 nitrogen and oxygen atoms in total. The molecule has 0 amide bonds. The van der Waals surface area contributed by atoms with Crippen LogP contribution < -0.4 is 0 Å². The molecule has 0 aliphatic rings. The molecule has 2 N–H and O–H groups in total. The summed E-state index contributed by atoms with van der Waals surface area (Å²) < 4.78 is 0. The molecule has 0 saturated heterocycles. The van der Waals surface area contributed by atoms with E-state index in [0.717, 1.165) is 5.57 Å². The molecule has 1 atom stereocenters. The molecule has 0 rings (SSSR count). The van der Waals surface area contributed by atoms with Crippen molar-refractivity contribution in [1.82, 2.24) is 0 Å². The summed E-state index contributed by atoms with van der Waals surface area (Å²) in [6, 6.07) is 0. The monoisotopic (exact) mass is 116 g/mol. The van der Waals surface area contributed by atoms with Gasteiger partial charge < -0.3 is 10.2 Å². The Bertz CT molecular complexity index is 78.6. The minimum Gasteiger partial charge on any atom is -0.394 e. The highest BCUT2D eigenvalue weighted by molar-refractivity contribution is 4.90. The second-order valence-corrected chi connectivity index (χ2v) is 2.00. The van der Waals surface area contributed by atoms with E-state index < -0.39 is 6.10 Å². The van der Waals surface area contributed by atoms with E-state index >= 15 is 0 Å². The van der Waals surface area contributed by atoms with Crippen LogP contribution >= 0.6 is 0 Å².